The van der Waals surface area contributed by atoms with Crippen molar-refractivity contribution in [2.24, 2.45) is 5.92 Å². The molecule has 0 saturated carbocycles. The molecule has 0 spiro atoms. The first-order valence-corrected chi connectivity index (χ1v) is 13.2. The van der Waals surface area contributed by atoms with Crippen molar-refractivity contribution in [2.75, 3.05) is 13.7 Å². The molecule has 0 saturated heterocycles. The summed E-state index contributed by atoms with van der Waals surface area (Å²) in [6.07, 6.45) is -0.681. The van der Waals surface area contributed by atoms with Crippen LogP contribution in [0.5, 0.6) is 0 Å². The van der Waals surface area contributed by atoms with Gasteiger partial charge in [-0.25, -0.2) is 14.4 Å². The van der Waals surface area contributed by atoms with Crippen LogP contribution in [-0.2, 0) is 20.7 Å². The SMILES string of the molecule is COC(=O)[C@H](CC(C)C)NC(=O)N[C@H](Cc1ccccc1)NC(=O)OCC1c2ccccc2-c2ccccc21. The molecule has 2 atom stereocenters. The number of ether oxygens (including phenoxy) is 2. The average molecular weight is 530 g/mol. The average Bonchev–Trinajstić information content (AvgIpc) is 3.25. The van der Waals surface area contributed by atoms with Crippen molar-refractivity contribution >= 4 is 18.1 Å². The van der Waals surface area contributed by atoms with Gasteiger partial charge in [-0.05, 0) is 40.2 Å². The van der Waals surface area contributed by atoms with Crippen LogP contribution in [-0.4, -0.2) is 44.0 Å². The second-order valence-electron chi connectivity index (χ2n) is 10.0. The standard InChI is InChI=1S/C31H35N3O5/c1-20(2)17-27(29(35)38-3)32-30(36)33-28(18-21-11-5-4-6-12-21)34-31(37)39-19-26-24-15-9-7-13-22(24)23-14-8-10-16-25(23)26/h4-16,20,26-28H,17-19H2,1-3H3,(H,34,37)(H2,32,33,36)/t27-,28-/m0/s1. The Labute approximate surface area is 229 Å². The van der Waals surface area contributed by atoms with E-state index in [2.05, 4.69) is 40.2 Å². The minimum absolute atomic E-state index is 0.0798. The lowest BCUT2D eigenvalue weighted by Crippen LogP contribution is -2.55. The number of hydrogen-bond donors (Lipinski definition) is 3. The van der Waals surface area contributed by atoms with E-state index in [9.17, 15) is 14.4 Å². The summed E-state index contributed by atoms with van der Waals surface area (Å²) in [6.45, 7) is 4.06. The molecule has 0 aromatic heterocycles. The summed E-state index contributed by atoms with van der Waals surface area (Å²) >= 11 is 0. The van der Waals surface area contributed by atoms with E-state index in [0.717, 1.165) is 27.8 Å². The summed E-state index contributed by atoms with van der Waals surface area (Å²) in [4.78, 5) is 38.0. The second kappa shape index (κ2) is 13.0. The highest BCUT2D eigenvalue weighted by atomic mass is 16.5. The van der Waals surface area contributed by atoms with Gasteiger partial charge < -0.3 is 25.4 Å². The smallest absolute Gasteiger partial charge is 0.408 e. The van der Waals surface area contributed by atoms with Gasteiger partial charge in [0.2, 0.25) is 0 Å². The quantitative estimate of drug-likeness (QED) is 0.254. The van der Waals surface area contributed by atoms with E-state index < -0.39 is 30.3 Å². The number of amides is 3. The van der Waals surface area contributed by atoms with Crippen LogP contribution in [0.3, 0.4) is 0 Å². The predicted molar refractivity (Wildman–Crippen MR) is 149 cm³/mol. The Kier molecular flexibility index (Phi) is 9.20. The van der Waals surface area contributed by atoms with Crippen LogP contribution in [0.4, 0.5) is 9.59 Å². The summed E-state index contributed by atoms with van der Waals surface area (Å²) in [5.41, 5.74) is 5.43. The maximum Gasteiger partial charge on any atom is 0.408 e. The highest BCUT2D eigenvalue weighted by Crippen LogP contribution is 2.44. The molecule has 0 heterocycles. The summed E-state index contributed by atoms with van der Waals surface area (Å²) < 4.78 is 10.5. The predicted octanol–water partition coefficient (Wildman–Crippen LogP) is 4.98. The summed E-state index contributed by atoms with van der Waals surface area (Å²) in [5, 5.41) is 8.22. The Hall–Kier alpha value is -4.33. The molecule has 8 nitrogen and oxygen atoms in total. The zero-order valence-electron chi connectivity index (χ0n) is 22.5. The fraction of sp³-hybridized carbons (Fsp3) is 0.323. The van der Waals surface area contributed by atoms with Crippen LogP contribution in [0.2, 0.25) is 0 Å². The third-order valence-corrected chi connectivity index (χ3v) is 6.72. The van der Waals surface area contributed by atoms with E-state index in [1.54, 1.807) is 0 Å². The maximum atomic E-state index is 12.9. The minimum Gasteiger partial charge on any atom is -0.467 e. The van der Waals surface area contributed by atoms with Crippen LogP contribution < -0.4 is 16.0 Å². The molecule has 0 radical (unpaired) electrons. The molecule has 3 aromatic carbocycles. The van der Waals surface area contributed by atoms with Gasteiger partial charge in [0.1, 0.15) is 18.8 Å². The molecule has 1 aliphatic rings. The number of esters is 1. The minimum atomic E-state index is -0.804. The largest absolute Gasteiger partial charge is 0.467 e. The van der Waals surface area contributed by atoms with Crippen molar-refractivity contribution in [1.82, 2.24) is 16.0 Å². The fourth-order valence-corrected chi connectivity index (χ4v) is 4.96. The highest BCUT2D eigenvalue weighted by molar-refractivity contribution is 5.84. The Morgan fingerprint density at radius 3 is 1.97 bits per heavy atom. The molecule has 204 valence electrons. The molecule has 0 aliphatic heterocycles. The van der Waals surface area contributed by atoms with Gasteiger partial charge in [0.05, 0.1) is 7.11 Å². The summed E-state index contributed by atoms with van der Waals surface area (Å²) in [7, 11) is 1.28. The number of benzene rings is 3. The first-order chi connectivity index (χ1) is 18.9. The molecule has 0 bridgehead atoms. The van der Waals surface area contributed by atoms with E-state index in [0.29, 0.717) is 12.8 Å². The molecule has 3 N–H and O–H groups in total. The zero-order valence-corrected chi connectivity index (χ0v) is 22.5. The molecular weight excluding hydrogens is 494 g/mol. The molecule has 39 heavy (non-hydrogen) atoms. The molecule has 4 rings (SSSR count). The number of carbonyl (C=O) groups excluding carboxylic acids is 3. The number of methoxy groups -OCH3 is 1. The van der Waals surface area contributed by atoms with Gasteiger partial charge >= 0.3 is 18.1 Å². The number of rotatable bonds is 10. The number of fused-ring (bicyclic) bond motifs is 3. The third kappa shape index (κ3) is 7.16. The van der Waals surface area contributed by atoms with Crippen molar-refractivity contribution in [3.05, 3.63) is 95.6 Å². The third-order valence-electron chi connectivity index (χ3n) is 6.72. The Morgan fingerprint density at radius 1 is 0.795 bits per heavy atom. The van der Waals surface area contributed by atoms with Gasteiger partial charge in [-0.1, -0.05) is 92.7 Å². The van der Waals surface area contributed by atoms with E-state index in [4.69, 9.17) is 9.47 Å². The molecule has 0 unspecified atom stereocenters. The second-order valence-corrected chi connectivity index (χ2v) is 10.0. The van der Waals surface area contributed by atoms with Crippen molar-refractivity contribution in [2.45, 2.75) is 44.8 Å². The number of nitrogens with one attached hydrogen (secondary N) is 3. The van der Waals surface area contributed by atoms with Crippen molar-refractivity contribution in [1.29, 1.82) is 0 Å². The lowest BCUT2D eigenvalue weighted by molar-refractivity contribution is -0.143. The van der Waals surface area contributed by atoms with Gasteiger partial charge in [-0.2, -0.15) is 0 Å². The maximum absolute atomic E-state index is 12.9. The first kappa shape index (κ1) is 27.7. The highest BCUT2D eigenvalue weighted by Gasteiger charge is 2.30. The lowest BCUT2D eigenvalue weighted by atomic mass is 9.98. The van der Waals surface area contributed by atoms with Crippen LogP contribution in [0.25, 0.3) is 11.1 Å². The number of alkyl carbamates (subject to hydrolysis) is 1. The van der Waals surface area contributed by atoms with Gasteiger partial charge in [0.15, 0.2) is 0 Å². The molecule has 3 aromatic rings. The van der Waals surface area contributed by atoms with Crippen LogP contribution >= 0.6 is 0 Å². The van der Waals surface area contributed by atoms with Gasteiger partial charge in [0, 0.05) is 12.3 Å². The van der Waals surface area contributed by atoms with E-state index in [1.807, 2.05) is 68.4 Å². The Bertz CT molecular complexity index is 1250. The fourth-order valence-electron chi connectivity index (χ4n) is 4.96. The number of carbonyl (C=O) groups is 3. The van der Waals surface area contributed by atoms with Gasteiger partial charge in [-0.15, -0.1) is 0 Å². The monoisotopic (exact) mass is 529 g/mol. The molecule has 0 fully saturated rings. The zero-order chi connectivity index (χ0) is 27.8. The molecule has 8 heteroatoms. The van der Waals surface area contributed by atoms with E-state index in [-0.39, 0.29) is 18.4 Å². The molecule has 3 amide bonds. The van der Waals surface area contributed by atoms with Gasteiger partial charge in [-0.3, -0.25) is 0 Å². The molecule has 1 aliphatic carbocycles. The Balaban J connectivity index is 1.42. The summed E-state index contributed by atoms with van der Waals surface area (Å²) in [6, 6.07) is 24.3. The first-order valence-electron chi connectivity index (χ1n) is 13.2. The van der Waals surface area contributed by atoms with Crippen molar-refractivity contribution in [3.63, 3.8) is 0 Å². The number of hydrogen-bond acceptors (Lipinski definition) is 5. The Morgan fingerprint density at radius 2 is 1.38 bits per heavy atom. The van der Waals surface area contributed by atoms with Crippen molar-refractivity contribution < 1.29 is 23.9 Å². The topological polar surface area (TPSA) is 106 Å². The van der Waals surface area contributed by atoms with Crippen LogP contribution in [0, 0.1) is 5.92 Å². The van der Waals surface area contributed by atoms with Crippen molar-refractivity contribution in [3.8, 4) is 11.1 Å². The van der Waals surface area contributed by atoms with Crippen LogP contribution in [0.1, 0.15) is 42.9 Å². The summed E-state index contributed by atoms with van der Waals surface area (Å²) in [5.74, 6) is -0.444. The lowest BCUT2D eigenvalue weighted by Gasteiger charge is -2.24. The van der Waals surface area contributed by atoms with E-state index in [1.165, 1.54) is 7.11 Å². The molecular formula is C31H35N3O5. The van der Waals surface area contributed by atoms with Gasteiger partial charge in [0.25, 0.3) is 0 Å². The van der Waals surface area contributed by atoms with Crippen LogP contribution in [0.15, 0.2) is 78.9 Å². The van der Waals surface area contributed by atoms with E-state index >= 15 is 0 Å². The number of urea groups is 1. The normalized spacial score (nSPS) is 13.5.